The Bertz CT molecular complexity index is 785. The number of hydrogen-bond acceptors (Lipinski definition) is 4. The highest BCUT2D eigenvalue weighted by molar-refractivity contribution is 6.09. The zero-order chi connectivity index (χ0) is 17.4. The molecule has 0 aromatic heterocycles. The second-order valence-corrected chi connectivity index (χ2v) is 5.36. The molecule has 3 rings (SSSR count). The number of alkyl halides is 3. The molecule has 1 atom stereocenters. The normalized spacial score (nSPS) is 20.4. The summed E-state index contributed by atoms with van der Waals surface area (Å²) in [5.41, 5.74) is 1.22. The van der Waals surface area contributed by atoms with E-state index in [9.17, 15) is 23.1 Å². The lowest BCUT2D eigenvalue weighted by molar-refractivity contribution is -0.355. The van der Waals surface area contributed by atoms with Crippen molar-refractivity contribution in [2.75, 3.05) is 0 Å². The fourth-order valence-corrected chi connectivity index (χ4v) is 2.30. The minimum absolute atomic E-state index is 0.0338. The summed E-state index contributed by atoms with van der Waals surface area (Å²) in [6.45, 7) is 0. The third kappa shape index (κ3) is 2.90. The first-order chi connectivity index (χ1) is 11.3. The summed E-state index contributed by atoms with van der Waals surface area (Å²) < 4.78 is 38.1. The van der Waals surface area contributed by atoms with Gasteiger partial charge in [0.15, 0.2) is 5.78 Å². The third-order valence-electron chi connectivity index (χ3n) is 3.67. The van der Waals surface area contributed by atoms with Gasteiger partial charge in [-0.25, -0.2) is 0 Å². The molecule has 0 saturated heterocycles. The van der Waals surface area contributed by atoms with E-state index in [-0.39, 0.29) is 11.5 Å². The molecule has 0 aliphatic carbocycles. The van der Waals surface area contributed by atoms with Crippen LogP contribution in [0.25, 0.3) is 0 Å². The number of nitrogens with zero attached hydrogens (tertiary/aromatic N) is 1. The van der Waals surface area contributed by atoms with Crippen LogP contribution in [-0.4, -0.2) is 28.6 Å². The molecule has 1 N–H and O–H groups in total. The van der Waals surface area contributed by atoms with Gasteiger partial charge in [0, 0.05) is 11.1 Å². The molecule has 2 aromatic carbocycles. The van der Waals surface area contributed by atoms with E-state index in [1.54, 1.807) is 30.3 Å². The van der Waals surface area contributed by atoms with Crippen molar-refractivity contribution >= 4 is 11.5 Å². The molecule has 2 aromatic rings. The molecule has 0 radical (unpaired) electrons. The largest absolute Gasteiger partial charge is 0.458 e. The van der Waals surface area contributed by atoms with E-state index in [1.807, 2.05) is 0 Å². The van der Waals surface area contributed by atoms with Crippen LogP contribution >= 0.6 is 0 Å². The van der Waals surface area contributed by atoms with Gasteiger partial charge in [-0.15, -0.1) is 0 Å². The van der Waals surface area contributed by atoms with Crippen molar-refractivity contribution in [1.82, 2.24) is 0 Å². The molecule has 0 amide bonds. The van der Waals surface area contributed by atoms with Crippen molar-refractivity contribution in [2.24, 2.45) is 5.16 Å². The van der Waals surface area contributed by atoms with E-state index in [0.29, 0.717) is 16.7 Å². The van der Waals surface area contributed by atoms with Crippen LogP contribution in [-0.2, 0) is 4.84 Å². The zero-order valence-electron chi connectivity index (χ0n) is 12.2. The molecule has 0 fully saturated rings. The zero-order valence-corrected chi connectivity index (χ0v) is 12.2. The Hall–Kier alpha value is -2.67. The van der Waals surface area contributed by atoms with Gasteiger partial charge in [0.25, 0.3) is 0 Å². The SMILES string of the molecule is O=C(c1ccccc1)c1ccc(C2=NOC(O)(C(F)(F)F)C2)cc1. The number of oxime groups is 1. The third-order valence-corrected chi connectivity index (χ3v) is 3.67. The van der Waals surface area contributed by atoms with Gasteiger partial charge in [0.1, 0.15) is 0 Å². The minimum atomic E-state index is -4.94. The first kappa shape index (κ1) is 16.2. The summed E-state index contributed by atoms with van der Waals surface area (Å²) in [5, 5.41) is 12.8. The van der Waals surface area contributed by atoms with Crippen LogP contribution in [0.5, 0.6) is 0 Å². The van der Waals surface area contributed by atoms with Gasteiger partial charge in [0.05, 0.1) is 12.1 Å². The lowest BCUT2D eigenvalue weighted by Gasteiger charge is -2.22. The number of hydrogen-bond donors (Lipinski definition) is 1. The predicted octanol–water partition coefficient (Wildman–Crippen LogP) is 3.29. The molecule has 124 valence electrons. The van der Waals surface area contributed by atoms with Gasteiger partial charge < -0.3 is 9.94 Å². The monoisotopic (exact) mass is 335 g/mol. The van der Waals surface area contributed by atoms with Crippen LogP contribution in [0.3, 0.4) is 0 Å². The molecular formula is C17H12F3NO3. The van der Waals surface area contributed by atoms with Gasteiger partial charge in [0.2, 0.25) is 0 Å². The average molecular weight is 335 g/mol. The van der Waals surface area contributed by atoms with E-state index < -0.39 is 18.4 Å². The Kier molecular flexibility index (Phi) is 3.88. The molecule has 0 spiro atoms. The molecule has 0 bridgehead atoms. The molecular weight excluding hydrogens is 323 g/mol. The van der Waals surface area contributed by atoms with Crippen molar-refractivity contribution in [3.05, 3.63) is 71.3 Å². The van der Waals surface area contributed by atoms with Crippen LogP contribution in [0.15, 0.2) is 59.8 Å². The summed E-state index contributed by atoms with van der Waals surface area (Å²) in [5.74, 6) is -3.50. The molecule has 0 saturated carbocycles. The number of rotatable bonds is 3. The summed E-state index contributed by atoms with van der Waals surface area (Å²) in [6.07, 6.45) is -5.75. The number of aliphatic hydroxyl groups is 1. The van der Waals surface area contributed by atoms with Crippen LogP contribution in [0.1, 0.15) is 27.9 Å². The van der Waals surface area contributed by atoms with Crippen LogP contribution in [0.2, 0.25) is 0 Å². The van der Waals surface area contributed by atoms with Crippen LogP contribution in [0, 0.1) is 0 Å². The van der Waals surface area contributed by atoms with Gasteiger partial charge in [-0.05, 0) is 5.56 Å². The van der Waals surface area contributed by atoms with E-state index >= 15 is 0 Å². The maximum atomic E-state index is 12.7. The Morgan fingerprint density at radius 3 is 2.17 bits per heavy atom. The number of carbonyl (C=O) groups excluding carboxylic acids is 1. The second-order valence-electron chi connectivity index (χ2n) is 5.36. The topological polar surface area (TPSA) is 58.9 Å². The Morgan fingerprint density at radius 2 is 1.62 bits per heavy atom. The quantitative estimate of drug-likeness (QED) is 0.876. The first-order valence-electron chi connectivity index (χ1n) is 7.04. The maximum Gasteiger partial charge on any atom is 0.458 e. The summed E-state index contributed by atoms with van der Waals surface area (Å²) in [6, 6.07) is 14.6. The summed E-state index contributed by atoms with van der Waals surface area (Å²) in [4.78, 5) is 16.4. The van der Waals surface area contributed by atoms with E-state index in [0.717, 1.165) is 0 Å². The van der Waals surface area contributed by atoms with Crippen LogP contribution < -0.4 is 0 Å². The summed E-state index contributed by atoms with van der Waals surface area (Å²) in [7, 11) is 0. The van der Waals surface area contributed by atoms with Crippen molar-refractivity contribution in [3.63, 3.8) is 0 Å². The minimum Gasteiger partial charge on any atom is -0.350 e. The molecule has 1 heterocycles. The van der Waals surface area contributed by atoms with Crippen molar-refractivity contribution in [2.45, 2.75) is 18.4 Å². The number of ketones is 1. The predicted molar refractivity (Wildman–Crippen MR) is 79.6 cm³/mol. The Labute approximate surface area is 135 Å². The lowest BCUT2D eigenvalue weighted by atomic mass is 9.98. The first-order valence-corrected chi connectivity index (χ1v) is 7.04. The molecule has 7 heteroatoms. The standard InChI is InChI=1S/C17H12F3NO3/c18-17(19,20)16(23)10-14(21-24-16)11-6-8-13(9-7-11)15(22)12-4-2-1-3-5-12/h1-9,23H,10H2. The highest BCUT2D eigenvalue weighted by atomic mass is 19.4. The fourth-order valence-electron chi connectivity index (χ4n) is 2.30. The molecule has 4 nitrogen and oxygen atoms in total. The highest BCUT2D eigenvalue weighted by Gasteiger charge is 2.60. The van der Waals surface area contributed by atoms with Crippen LogP contribution in [0.4, 0.5) is 13.2 Å². The average Bonchev–Trinajstić information content (AvgIpc) is 2.99. The van der Waals surface area contributed by atoms with E-state index in [1.165, 1.54) is 24.3 Å². The Balaban J connectivity index is 1.78. The molecule has 1 aliphatic rings. The number of carbonyl (C=O) groups is 1. The summed E-state index contributed by atoms with van der Waals surface area (Å²) >= 11 is 0. The smallest absolute Gasteiger partial charge is 0.350 e. The number of halogens is 3. The van der Waals surface area contributed by atoms with Gasteiger partial charge in [-0.3, -0.25) is 4.79 Å². The van der Waals surface area contributed by atoms with Gasteiger partial charge in [-0.1, -0.05) is 59.8 Å². The highest BCUT2D eigenvalue weighted by Crippen LogP contribution is 2.38. The van der Waals surface area contributed by atoms with Gasteiger partial charge >= 0.3 is 12.0 Å². The molecule has 1 aliphatic heterocycles. The van der Waals surface area contributed by atoms with Crippen molar-refractivity contribution in [1.29, 1.82) is 0 Å². The molecule has 24 heavy (non-hydrogen) atoms. The van der Waals surface area contributed by atoms with Gasteiger partial charge in [-0.2, -0.15) is 13.2 Å². The number of benzene rings is 2. The Morgan fingerprint density at radius 1 is 1.04 bits per heavy atom. The maximum absolute atomic E-state index is 12.7. The van der Waals surface area contributed by atoms with Crippen molar-refractivity contribution < 1.29 is 27.9 Å². The lowest BCUT2D eigenvalue weighted by Crippen LogP contribution is -2.45. The van der Waals surface area contributed by atoms with Crippen molar-refractivity contribution in [3.8, 4) is 0 Å². The second kappa shape index (κ2) is 5.76. The van der Waals surface area contributed by atoms with E-state index in [4.69, 9.17) is 0 Å². The molecule has 1 unspecified atom stereocenters. The van der Waals surface area contributed by atoms with E-state index in [2.05, 4.69) is 9.99 Å². The fraction of sp³-hybridized carbons (Fsp3) is 0.176.